The van der Waals surface area contributed by atoms with Gasteiger partial charge in [0.25, 0.3) is 5.91 Å². The van der Waals surface area contributed by atoms with E-state index in [2.05, 4.69) is 5.32 Å². The number of hydrogen-bond donors (Lipinski definition) is 1. The van der Waals surface area contributed by atoms with Crippen LogP contribution in [0.5, 0.6) is 0 Å². The molecule has 1 fully saturated rings. The molecule has 2 aromatic rings. The van der Waals surface area contributed by atoms with E-state index in [0.717, 1.165) is 12.1 Å². The van der Waals surface area contributed by atoms with Gasteiger partial charge in [-0.15, -0.1) is 0 Å². The zero-order valence-corrected chi connectivity index (χ0v) is 20.2. The first-order valence-corrected chi connectivity index (χ1v) is 12.7. The van der Waals surface area contributed by atoms with E-state index in [-0.39, 0.29) is 29.4 Å². The van der Waals surface area contributed by atoms with Crippen LogP contribution in [0.4, 0.5) is 10.1 Å². The average Bonchev–Trinajstić information content (AvgIpc) is 2.83. The van der Waals surface area contributed by atoms with E-state index in [0.29, 0.717) is 25.6 Å². The molecule has 2 aromatic carbocycles. The van der Waals surface area contributed by atoms with Crippen molar-refractivity contribution in [2.75, 3.05) is 44.2 Å². The zero-order chi connectivity index (χ0) is 24.7. The van der Waals surface area contributed by atoms with Gasteiger partial charge in [-0.1, -0.05) is 19.9 Å². The molecule has 1 N–H and O–H groups in total. The molecular weight excluding hydrogens is 461 g/mol. The van der Waals surface area contributed by atoms with Gasteiger partial charge in [0.2, 0.25) is 10.0 Å². The summed E-state index contributed by atoms with van der Waals surface area (Å²) >= 11 is 0. The number of halogens is 1. The highest BCUT2D eigenvalue weighted by atomic mass is 32.2. The van der Waals surface area contributed by atoms with Crippen LogP contribution < -0.4 is 10.2 Å². The highest BCUT2D eigenvalue weighted by Crippen LogP contribution is 2.22. The molecule has 1 saturated heterocycles. The third kappa shape index (κ3) is 6.77. The normalized spacial score (nSPS) is 14.8. The lowest BCUT2D eigenvalue weighted by atomic mass is 10.1. The average molecular weight is 492 g/mol. The van der Waals surface area contributed by atoms with Crippen LogP contribution in [0.25, 0.3) is 0 Å². The molecule has 1 amide bonds. The Morgan fingerprint density at radius 3 is 2.38 bits per heavy atom. The molecule has 0 aromatic heterocycles. The third-order valence-corrected chi connectivity index (χ3v) is 7.41. The van der Waals surface area contributed by atoms with E-state index < -0.39 is 28.5 Å². The Morgan fingerprint density at radius 2 is 1.74 bits per heavy atom. The van der Waals surface area contributed by atoms with Crippen LogP contribution in [0, 0.1) is 11.7 Å². The Bertz CT molecular complexity index is 1100. The number of ether oxygens (including phenoxy) is 1. The fraction of sp³-hybridized carbons (Fsp3) is 0.417. The number of amides is 1. The fourth-order valence-electron chi connectivity index (χ4n) is 3.54. The zero-order valence-electron chi connectivity index (χ0n) is 19.4. The molecule has 184 valence electrons. The summed E-state index contributed by atoms with van der Waals surface area (Å²) in [6.07, 6.45) is 0.817. The minimum absolute atomic E-state index is 0.0152. The van der Waals surface area contributed by atoms with Crippen molar-refractivity contribution < 1.29 is 27.1 Å². The van der Waals surface area contributed by atoms with Gasteiger partial charge in [0.1, 0.15) is 5.82 Å². The minimum Gasteiger partial charge on any atom is -0.452 e. The number of anilines is 1. The number of sulfonamides is 1. The number of esters is 1. The first kappa shape index (κ1) is 25.6. The second kappa shape index (κ2) is 11.4. The molecule has 1 heterocycles. The van der Waals surface area contributed by atoms with Gasteiger partial charge in [-0.3, -0.25) is 4.79 Å². The minimum atomic E-state index is -3.82. The SMILES string of the molecule is CC(C)CCNC(=O)COC(=O)c1cccc(S(=O)(=O)N2CCN(c3ccc(F)cc3)CC2)c1. The number of nitrogens with zero attached hydrogens (tertiary/aromatic N) is 2. The number of rotatable bonds is 9. The smallest absolute Gasteiger partial charge is 0.338 e. The number of nitrogens with one attached hydrogen (secondary N) is 1. The van der Waals surface area contributed by atoms with Gasteiger partial charge < -0.3 is 15.0 Å². The second-order valence-electron chi connectivity index (χ2n) is 8.50. The molecule has 0 saturated carbocycles. The predicted molar refractivity (Wildman–Crippen MR) is 127 cm³/mol. The van der Waals surface area contributed by atoms with Crippen molar-refractivity contribution in [3.8, 4) is 0 Å². The Labute approximate surface area is 199 Å². The molecule has 0 spiro atoms. The van der Waals surface area contributed by atoms with Gasteiger partial charge in [-0.25, -0.2) is 17.6 Å². The number of piperazine rings is 1. The monoisotopic (exact) mass is 491 g/mol. The molecule has 10 heteroatoms. The van der Waals surface area contributed by atoms with Gasteiger partial charge in [0, 0.05) is 38.4 Å². The third-order valence-electron chi connectivity index (χ3n) is 5.52. The van der Waals surface area contributed by atoms with Crippen LogP contribution in [-0.4, -0.2) is 63.9 Å². The van der Waals surface area contributed by atoms with Crippen molar-refractivity contribution in [3.05, 3.63) is 59.9 Å². The Balaban J connectivity index is 1.58. The van der Waals surface area contributed by atoms with Gasteiger partial charge in [-0.2, -0.15) is 4.31 Å². The fourth-order valence-corrected chi connectivity index (χ4v) is 5.01. The predicted octanol–water partition coefficient (Wildman–Crippen LogP) is 2.66. The molecule has 0 unspecified atom stereocenters. The number of hydrogen-bond acceptors (Lipinski definition) is 6. The molecule has 0 radical (unpaired) electrons. The lowest BCUT2D eigenvalue weighted by molar-refractivity contribution is -0.124. The summed E-state index contributed by atoms with van der Waals surface area (Å²) in [7, 11) is -3.82. The highest BCUT2D eigenvalue weighted by molar-refractivity contribution is 7.89. The van der Waals surface area contributed by atoms with Gasteiger partial charge >= 0.3 is 5.97 Å². The molecule has 34 heavy (non-hydrogen) atoms. The second-order valence-corrected chi connectivity index (χ2v) is 10.4. The molecule has 0 aliphatic carbocycles. The quantitative estimate of drug-likeness (QED) is 0.542. The molecular formula is C24H30FN3O5S. The van der Waals surface area contributed by atoms with Crippen molar-refractivity contribution in [2.45, 2.75) is 25.2 Å². The number of carbonyl (C=O) groups excluding carboxylic acids is 2. The maximum absolute atomic E-state index is 13.2. The maximum Gasteiger partial charge on any atom is 0.338 e. The summed E-state index contributed by atoms with van der Waals surface area (Å²) < 4.78 is 45.8. The highest BCUT2D eigenvalue weighted by Gasteiger charge is 2.29. The van der Waals surface area contributed by atoms with Crippen molar-refractivity contribution in [2.24, 2.45) is 5.92 Å². The van der Waals surface area contributed by atoms with Crippen LogP contribution in [0.15, 0.2) is 53.4 Å². The summed E-state index contributed by atoms with van der Waals surface area (Å²) in [5.74, 6) is -1.05. The van der Waals surface area contributed by atoms with Crippen LogP contribution in [0.3, 0.4) is 0 Å². The van der Waals surface area contributed by atoms with Crippen LogP contribution in [0.2, 0.25) is 0 Å². The Morgan fingerprint density at radius 1 is 1.06 bits per heavy atom. The van der Waals surface area contributed by atoms with E-state index in [1.807, 2.05) is 18.7 Å². The number of carbonyl (C=O) groups is 2. The maximum atomic E-state index is 13.2. The van der Waals surface area contributed by atoms with E-state index >= 15 is 0 Å². The molecule has 1 aliphatic rings. The van der Waals surface area contributed by atoms with Crippen LogP contribution >= 0.6 is 0 Å². The molecule has 1 aliphatic heterocycles. The Hall–Kier alpha value is -2.98. The topological polar surface area (TPSA) is 96.0 Å². The van der Waals surface area contributed by atoms with Gasteiger partial charge in [0.15, 0.2) is 6.61 Å². The summed E-state index contributed by atoms with van der Waals surface area (Å²) in [6.45, 7) is 5.57. The standard InChI is InChI=1S/C24H30FN3O5S/c1-18(2)10-11-26-23(29)17-33-24(30)19-4-3-5-22(16-19)34(31,32)28-14-12-27(13-15-28)21-8-6-20(25)7-9-21/h3-9,16,18H,10-15,17H2,1-2H3,(H,26,29). The lowest BCUT2D eigenvalue weighted by Gasteiger charge is -2.35. The summed E-state index contributed by atoms with van der Waals surface area (Å²) in [5, 5.41) is 2.68. The number of benzene rings is 2. The molecule has 0 bridgehead atoms. The summed E-state index contributed by atoms with van der Waals surface area (Å²) in [5.41, 5.74) is 0.887. The van der Waals surface area contributed by atoms with Crippen LogP contribution in [-0.2, 0) is 19.6 Å². The molecule has 3 rings (SSSR count). The Kier molecular flexibility index (Phi) is 8.62. The van der Waals surface area contributed by atoms with Crippen LogP contribution in [0.1, 0.15) is 30.6 Å². The molecule has 0 atom stereocenters. The van der Waals surface area contributed by atoms with E-state index in [1.54, 1.807) is 12.1 Å². The first-order valence-electron chi connectivity index (χ1n) is 11.2. The van der Waals surface area contributed by atoms with E-state index in [1.165, 1.54) is 40.7 Å². The summed E-state index contributed by atoms with van der Waals surface area (Å²) in [6, 6.07) is 11.7. The molecule has 8 nitrogen and oxygen atoms in total. The lowest BCUT2D eigenvalue weighted by Crippen LogP contribution is -2.48. The van der Waals surface area contributed by atoms with Gasteiger partial charge in [0.05, 0.1) is 10.5 Å². The van der Waals surface area contributed by atoms with Gasteiger partial charge in [-0.05, 0) is 54.8 Å². The van der Waals surface area contributed by atoms with E-state index in [4.69, 9.17) is 4.74 Å². The van der Waals surface area contributed by atoms with Crippen molar-refractivity contribution in [3.63, 3.8) is 0 Å². The van der Waals surface area contributed by atoms with Crippen molar-refractivity contribution >= 4 is 27.6 Å². The van der Waals surface area contributed by atoms with Crippen molar-refractivity contribution in [1.82, 2.24) is 9.62 Å². The van der Waals surface area contributed by atoms with Crippen molar-refractivity contribution in [1.29, 1.82) is 0 Å². The first-order chi connectivity index (χ1) is 16.2. The largest absolute Gasteiger partial charge is 0.452 e. The van der Waals surface area contributed by atoms with E-state index in [9.17, 15) is 22.4 Å². The summed E-state index contributed by atoms with van der Waals surface area (Å²) in [4.78, 5) is 26.2.